The summed E-state index contributed by atoms with van der Waals surface area (Å²) in [6.45, 7) is 4.01. The van der Waals surface area contributed by atoms with Gasteiger partial charge < -0.3 is 15.3 Å². The van der Waals surface area contributed by atoms with Gasteiger partial charge in [-0.05, 0) is 34.6 Å². The van der Waals surface area contributed by atoms with Gasteiger partial charge in [-0.25, -0.2) is 0 Å². The molecule has 0 radical (unpaired) electrons. The standard InChI is InChI=1S/C26H27N3O3/c1-19(2)18-24(26(30)28-15-14-27)32-25(22-6-4-3-5-7-22)23-10-8-20(9-11-23)21-12-16-29(31)17-13-21/h3-13,16-17,19,24-25H,15,18H2,1-2H3,(H,28,30)/t24-,25+/m0/s1. The van der Waals surface area contributed by atoms with E-state index in [1.54, 1.807) is 12.1 Å². The molecule has 6 heteroatoms. The summed E-state index contributed by atoms with van der Waals surface area (Å²) < 4.78 is 7.14. The lowest BCUT2D eigenvalue weighted by Crippen LogP contribution is -2.38. The van der Waals surface area contributed by atoms with Crippen LogP contribution < -0.4 is 10.0 Å². The number of carbonyl (C=O) groups is 1. The maximum Gasteiger partial charge on any atom is 0.250 e. The normalized spacial score (nSPS) is 12.7. The molecule has 0 aliphatic carbocycles. The number of rotatable bonds is 9. The van der Waals surface area contributed by atoms with Gasteiger partial charge in [0.15, 0.2) is 12.4 Å². The van der Waals surface area contributed by atoms with Crippen LogP contribution >= 0.6 is 0 Å². The topological polar surface area (TPSA) is 89.1 Å². The average molecular weight is 430 g/mol. The fourth-order valence-electron chi connectivity index (χ4n) is 3.49. The zero-order valence-corrected chi connectivity index (χ0v) is 18.3. The summed E-state index contributed by atoms with van der Waals surface area (Å²) in [5, 5.41) is 22.8. The molecule has 1 N–H and O–H groups in total. The molecule has 0 saturated carbocycles. The predicted octanol–water partition coefficient (Wildman–Crippen LogP) is 4.15. The largest absolute Gasteiger partial charge is 0.619 e. The van der Waals surface area contributed by atoms with Crippen LogP contribution in [0.3, 0.4) is 0 Å². The van der Waals surface area contributed by atoms with E-state index < -0.39 is 12.2 Å². The number of pyridine rings is 1. The number of carbonyl (C=O) groups excluding carboxylic acids is 1. The molecule has 3 aromatic rings. The van der Waals surface area contributed by atoms with E-state index in [9.17, 15) is 10.0 Å². The second kappa shape index (κ2) is 11.1. The third-order valence-corrected chi connectivity index (χ3v) is 5.07. The van der Waals surface area contributed by atoms with E-state index >= 15 is 0 Å². The Labute approximate surface area is 188 Å². The summed E-state index contributed by atoms with van der Waals surface area (Å²) in [4.78, 5) is 12.7. The first-order chi connectivity index (χ1) is 15.5. The Balaban J connectivity index is 1.91. The predicted molar refractivity (Wildman–Crippen MR) is 122 cm³/mol. The maximum atomic E-state index is 12.7. The van der Waals surface area contributed by atoms with Crippen molar-refractivity contribution in [2.24, 2.45) is 5.92 Å². The highest BCUT2D eigenvalue weighted by Gasteiger charge is 2.26. The Kier molecular flexibility index (Phi) is 7.96. The monoisotopic (exact) mass is 429 g/mol. The summed E-state index contributed by atoms with van der Waals surface area (Å²) in [5.74, 6) is -0.0403. The van der Waals surface area contributed by atoms with Crippen LogP contribution in [0.15, 0.2) is 79.1 Å². The van der Waals surface area contributed by atoms with Gasteiger partial charge in [-0.1, -0.05) is 68.4 Å². The van der Waals surface area contributed by atoms with Crippen LogP contribution in [0, 0.1) is 22.5 Å². The Morgan fingerprint density at radius 2 is 1.59 bits per heavy atom. The van der Waals surface area contributed by atoms with Crippen LogP contribution in [0.25, 0.3) is 11.1 Å². The van der Waals surface area contributed by atoms with Crippen molar-refractivity contribution < 1.29 is 14.3 Å². The van der Waals surface area contributed by atoms with Gasteiger partial charge in [0.1, 0.15) is 18.8 Å². The molecule has 1 amide bonds. The molecular formula is C26H27N3O3. The zero-order chi connectivity index (χ0) is 22.9. The molecule has 0 fully saturated rings. The quantitative estimate of drug-likeness (QED) is 0.314. The van der Waals surface area contributed by atoms with E-state index in [-0.39, 0.29) is 18.4 Å². The zero-order valence-electron chi connectivity index (χ0n) is 18.3. The lowest BCUT2D eigenvalue weighted by molar-refractivity contribution is -0.605. The summed E-state index contributed by atoms with van der Waals surface area (Å²) in [7, 11) is 0. The van der Waals surface area contributed by atoms with Gasteiger partial charge in [0.2, 0.25) is 5.91 Å². The Morgan fingerprint density at radius 3 is 2.19 bits per heavy atom. The Morgan fingerprint density at radius 1 is 1.00 bits per heavy atom. The molecular weight excluding hydrogens is 402 g/mol. The van der Waals surface area contributed by atoms with Gasteiger partial charge in [0.05, 0.1) is 6.07 Å². The van der Waals surface area contributed by atoms with Crippen molar-refractivity contribution in [1.29, 1.82) is 5.26 Å². The minimum atomic E-state index is -0.685. The Hall–Kier alpha value is -3.69. The molecule has 0 unspecified atom stereocenters. The molecule has 6 nitrogen and oxygen atoms in total. The van der Waals surface area contributed by atoms with Crippen LogP contribution in [0.5, 0.6) is 0 Å². The maximum absolute atomic E-state index is 12.7. The van der Waals surface area contributed by atoms with Crippen LogP contribution in [0.2, 0.25) is 0 Å². The number of hydrogen-bond donors (Lipinski definition) is 1. The van der Waals surface area contributed by atoms with Crippen molar-refractivity contribution in [2.45, 2.75) is 32.5 Å². The van der Waals surface area contributed by atoms with Crippen molar-refractivity contribution in [3.05, 3.63) is 95.5 Å². The molecule has 1 heterocycles. The molecule has 0 bridgehead atoms. The first-order valence-corrected chi connectivity index (χ1v) is 10.6. The lowest BCUT2D eigenvalue weighted by Gasteiger charge is -2.26. The highest BCUT2D eigenvalue weighted by atomic mass is 16.5. The second-order valence-corrected chi connectivity index (χ2v) is 7.99. The molecule has 3 rings (SSSR count). The number of hydrogen-bond acceptors (Lipinski definition) is 4. The minimum Gasteiger partial charge on any atom is -0.619 e. The van der Waals surface area contributed by atoms with Gasteiger partial charge in [-0.3, -0.25) is 4.79 Å². The van der Waals surface area contributed by atoms with Crippen molar-refractivity contribution in [1.82, 2.24) is 5.32 Å². The highest BCUT2D eigenvalue weighted by Crippen LogP contribution is 2.30. The number of ether oxygens (including phenoxy) is 1. The van der Waals surface area contributed by atoms with Crippen molar-refractivity contribution in [3.8, 4) is 17.2 Å². The second-order valence-electron chi connectivity index (χ2n) is 7.99. The first-order valence-electron chi connectivity index (χ1n) is 10.6. The van der Waals surface area contributed by atoms with Gasteiger partial charge in [0, 0.05) is 12.1 Å². The number of nitriles is 1. The third-order valence-electron chi connectivity index (χ3n) is 5.07. The molecule has 2 atom stereocenters. The summed E-state index contributed by atoms with van der Waals surface area (Å²) in [5.41, 5.74) is 3.77. The van der Waals surface area contributed by atoms with Gasteiger partial charge in [-0.2, -0.15) is 9.99 Å². The molecule has 164 valence electrons. The van der Waals surface area contributed by atoms with Crippen LogP contribution in [-0.4, -0.2) is 18.6 Å². The van der Waals surface area contributed by atoms with Crippen molar-refractivity contribution >= 4 is 5.91 Å². The SMILES string of the molecule is CC(C)C[C@H](O[C@H](c1ccccc1)c1ccc(-c2cc[n+]([O-])cc2)cc1)C(=O)NCC#N. The smallest absolute Gasteiger partial charge is 0.250 e. The summed E-state index contributed by atoms with van der Waals surface area (Å²) in [6.07, 6.45) is 2.35. The molecule has 0 spiro atoms. The lowest BCUT2D eigenvalue weighted by atomic mass is 9.97. The first kappa shape index (κ1) is 23.0. The fourth-order valence-corrected chi connectivity index (χ4v) is 3.49. The van der Waals surface area contributed by atoms with E-state index in [1.165, 1.54) is 12.4 Å². The minimum absolute atomic E-state index is 0.0536. The fraction of sp³-hybridized carbons (Fsp3) is 0.269. The summed E-state index contributed by atoms with van der Waals surface area (Å²) >= 11 is 0. The van der Waals surface area contributed by atoms with E-state index in [0.717, 1.165) is 27.0 Å². The van der Waals surface area contributed by atoms with Gasteiger partial charge >= 0.3 is 0 Å². The molecule has 1 aromatic heterocycles. The number of aromatic nitrogens is 1. The van der Waals surface area contributed by atoms with E-state index in [2.05, 4.69) is 5.32 Å². The van der Waals surface area contributed by atoms with Crippen LogP contribution in [0.4, 0.5) is 0 Å². The molecule has 0 saturated heterocycles. The van der Waals surface area contributed by atoms with Gasteiger partial charge in [-0.15, -0.1) is 0 Å². The third kappa shape index (κ3) is 6.16. The number of nitrogens with one attached hydrogen (secondary N) is 1. The van der Waals surface area contributed by atoms with E-state index in [1.807, 2.05) is 74.5 Å². The van der Waals surface area contributed by atoms with Crippen molar-refractivity contribution in [3.63, 3.8) is 0 Å². The van der Waals surface area contributed by atoms with Crippen molar-refractivity contribution in [2.75, 3.05) is 6.54 Å². The number of nitrogens with zero attached hydrogens (tertiary/aromatic N) is 2. The number of amides is 1. The van der Waals surface area contributed by atoms with Crippen LogP contribution in [-0.2, 0) is 9.53 Å². The Bertz CT molecular complexity index is 1040. The molecule has 0 aliphatic heterocycles. The molecule has 32 heavy (non-hydrogen) atoms. The number of benzene rings is 2. The molecule has 0 aliphatic rings. The molecule has 2 aromatic carbocycles. The average Bonchev–Trinajstić information content (AvgIpc) is 2.81. The summed E-state index contributed by atoms with van der Waals surface area (Å²) in [6, 6.07) is 23.2. The van der Waals surface area contributed by atoms with E-state index in [0.29, 0.717) is 6.42 Å². The van der Waals surface area contributed by atoms with Crippen LogP contribution in [0.1, 0.15) is 37.5 Å². The highest BCUT2D eigenvalue weighted by molar-refractivity contribution is 5.81. The van der Waals surface area contributed by atoms with E-state index in [4.69, 9.17) is 10.00 Å². The van der Waals surface area contributed by atoms with Gasteiger partial charge in [0.25, 0.3) is 0 Å².